The van der Waals surface area contributed by atoms with Gasteiger partial charge in [-0.25, -0.2) is 4.79 Å². The number of fused-ring (bicyclic) bond motifs is 1. The van der Waals surface area contributed by atoms with Crippen molar-refractivity contribution in [2.75, 3.05) is 27.4 Å². The van der Waals surface area contributed by atoms with Gasteiger partial charge in [-0.3, -0.25) is 4.79 Å². The Kier molecular flexibility index (Phi) is 5.21. The molecule has 0 saturated carbocycles. The van der Waals surface area contributed by atoms with Crippen LogP contribution in [0.25, 0.3) is 0 Å². The number of carbonyl (C=O) groups excluding carboxylic acids is 1. The molecule has 0 spiro atoms. The molecule has 0 saturated heterocycles. The van der Waals surface area contributed by atoms with Crippen molar-refractivity contribution in [2.45, 2.75) is 12.5 Å². The molecule has 1 aromatic rings. The van der Waals surface area contributed by atoms with E-state index in [2.05, 4.69) is 5.32 Å². The molecular weight excluding hydrogens is 290 g/mol. The molecule has 0 aromatic heterocycles. The van der Waals surface area contributed by atoms with Gasteiger partial charge in [0.25, 0.3) is 0 Å². The number of ether oxygens (including phenoxy) is 3. The quantitative estimate of drug-likeness (QED) is 0.793. The van der Waals surface area contributed by atoms with Gasteiger partial charge in [0.15, 0.2) is 6.04 Å². The molecule has 2 unspecified atom stereocenters. The summed E-state index contributed by atoms with van der Waals surface area (Å²) >= 11 is 0. The lowest BCUT2D eigenvalue weighted by molar-refractivity contribution is -0.144. The van der Waals surface area contributed by atoms with E-state index in [-0.39, 0.29) is 19.1 Å². The number of carbonyl (C=O) groups is 2. The van der Waals surface area contributed by atoms with Gasteiger partial charge in [-0.15, -0.1) is 0 Å². The molecular formula is C15H19NO6. The summed E-state index contributed by atoms with van der Waals surface area (Å²) in [4.78, 5) is 23.3. The second kappa shape index (κ2) is 7.13. The smallest absolute Gasteiger partial charge is 0.328 e. The van der Waals surface area contributed by atoms with Gasteiger partial charge in [0.2, 0.25) is 5.91 Å². The third kappa shape index (κ3) is 3.67. The lowest BCUT2D eigenvalue weighted by Crippen LogP contribution is -2.48. The number of carboxylic acids is 1. The van der Waals surface area contributed by atoms with Crippen LogP contribution >= 0.6 is 0 Å². The molecule has 0 radical (unpaired) electrons. The molecule has 7 heteroatoms. The van der Waals surface area contributed by atoms with Crippen molar-refractivity contribution in [3.8, 4) is 11.5 Å². The van der Waals surface area contributed by atoms with Gasteiger partial charge in [-0.2, -0.15) is 0 Å². The first-order chi connectivity index (χ1) is 10.5. The van der Waals surface area contributed by atoms with Gasteiger partial charge in [-0.05, 0) is 30.2 Å². The second-order valence-corrected chi connectivity index (χ2v) is 5.04. The second-order valence-electron chi connectivity index (χ2n) is 5.04. The van der Waals surface area contributed by atoms with Gasteiger partial charge in [0.1, 0.15) is 18.1 Å². The molecule has 2 atom stereocenters. The number of hydrogen-bond acceptors (Lipinski definition) is 5. The Hall–Kier alpha value is -2.28. The highest BCUT2D eigenvalue weighted by Gasteiger charge is 2.29. The van der Waals surface area contributed by atoms with Gasteiger partial charge >= 0.3 is 5.97 Å². The van der Waals surface area contributed by atoms with Crippen LogP contribution in [0.2, 0.25) is 0 Å². The number of methoxy groups -OCH3 is 2. The van der Waals surface area contributed by atoms with E-state index in [0.29, 0.717) is 12.2 Å². The number of benzene rings is 1. The summed E-state index contributed by atoms with van der Waals surface area (Å²) in [7, 11) is 2.95. The fourth-order valence-electron chi connectivity index (χ4n) is 2.30. The largest absolute Gasteiger partial charge is 0.497 e. The van der Waals surface area contributed by atoms with E-state index in [1.54, 1.807) is 19.2 Å². The monoisotopic (exact) mass is 309 g/mol. The number of amides is 1. The summed E-state index contributed by atoms with van der Waals surface area (Å²) in [5.41, 5.74) is 0.865. The Morgan fingerprint density at radius 1 is 1.45 bits per heavy atom. The Balaban J connectivity index is 2.04. The molecule has 22 heavy (non-hydrogen) atoms. The van der Waals surface area contributed by atoms with Crippen LogP contribution in [0.15, 0.2) is 18.2 Å². The van der Waals surface area contributed by atoms with Crippen LogP contribution in [0.4, 0.5) is 0 Å². The van der Waals surface area contributed by atoms with Gasteiger partial charge < -0.3 is 24.6 Å². The van der Waals surface area contributed by atoms with Crippen molar-refractivity contribution < 1.29 is 28.9 Å². The van der Waals surface area contributed by atoms with Crippen LogP contribution in [0.5, 0.6) is 11.5 Å². The predicted molar refractivity (Wildman–Crippen MR) is 77.1 cm³/mol. The minimum absolute atomic E-state index is 0.0843. The summed E-state index contributed by atoms with van der Waals surface area (Å²) < 4.78 is 15.5. The number of nitrogens with one attached hydrogen (secondary N) is 1. The predicted octanol–water partition coefficient (Wildman–Crippen LogP) is 0.462. The topological polar surface area (TPSA) is 94.1 Å². The van der Waals surface area contributed by atoms with Gasteiger partial charge in [0.05, 0.1) is 19.6 Å². The van der Waals surface area contributed by atoms with E-state index >= 15 is 0 Å². The zero-order chi connectivity index (χ0) is 16.1. The average molecular weight is 309 g/mol. The molecule has 120 valence electrons. The zero-order valence-electron chi connectivity index (χ0n) is 12.5. The van der Waals surface area contributed by atoms with Crippen LogP contribution in [0.1, 0.15) is 5.56 Å². The fraction of sp³-hybridized carbons (Fsp3) is 0.467. The van der Waals surface area contributed by atoms with E-state index in [9.17, 15) is 9.59 Å². The van der Waals surface area contributed by atoms with Crippen molar-refractivity contribution in [2.24, 2.45) is 5.92 Å². The molecule has 7 nitrogen and oxygen atoms in total. The summed E-state index contributed by atoms with van der Waals surface area (Å²) in [5.74, 6) is -0.534. The number of aliphatic carboxylic acids is 1. The molecule has 0 aliphatic carbocycles. The van der Waals surface area contributed by atoms with Gasteiger partial charge in [-0.1, -0.05) is 0 Å². The molecule has 1 amide bonds. The number of hydrogen-bond donors (Lipinski definition) is 2. The maximum absolute atomic E-state index is 12.2. The van der Waals surface area contributed by atoms with E-state index < -0.39 is 17.9 Å². The molecule has 0 bridgehead atoms. The molecule has 1 aromatic carbocycles. The molecule has 1 aliphatic rings. The SMILES string of the molecule is COCC(NC(=O)C1COc2ccc(OC)cc2C1)C(=O)O. The van der Waals surface area contributed by atoms with Crippen molar-refractivity contribution >= 4 is 11.9 Å². The minimum atomic E-state index is -1.13. The van der Waals surface area contributed by atoms with E-state index in [4.69, 9.17) is 19.3 Å². The van der Waals surface area contributed by atoms with E-state index in [0.717, 1.165) is 11.3 Å². The minimum Gasteiger partial charge on any atom is -0.497 e. The van der Waals surface area contributed by atoms with Crippen LogP contribution in [-0.2, 0) is 20.7 Å². The zero-order valence-corrected chi connectivity index (χ0v) is 12.5. The van der Waals surface area contributed by atoms with Crippen molar-refractivity contribution in [3.63, 3.8) is 0 Å². The first-order valence-corrected chi connectivity index (χ1v) is 6.87. The number of carboxylic acid groups (broad SMARTS) is 1. The van der Waals surface area contributed by atoms with Crippen molar-refractivity contribution in [1.29, 1.82) is 0 Å². The maximum atomic E-state index is 12.2. The standard InChI is InChI=1S/C15H19NO6/c1-20-8-12(15(18)19)16-14(17)10-5-9-6-11(21-2)3-4-13(9)22-7-10/h3-4,6,10,12H,5,7-8H2,1-2H3,(H,16,17)(H,18,19). The van der Waals surface area contributed by atoms with Crippen LogP contribution in [-0.4, -0.2) is 50.5 Å². The lowest BCUT2D eigenvalue weighted by Gasteiger charge is -2.26. The Labute approximate surface area is 128 Å². The molecule has 1 aliphatic heterocycles. The maximum Gasteiger partial charge on any atom is 0.328 e. The molecule has 1 heterocycles. The highest BCUT2D eigenvalue weighted by Crippen LogP contribution is 2.30. The first kappa shape index (κ1) is 16.1. The highest BCUT2D eigenvalue weighted by molar-refractivity contribution is 5.85. The summed E-state index contributed by atoms with van der Waals surface area (Å²) in [6.07, 6.45) is 0.470. The molecule has 2 rings (SSSR count). The van der Waals surface area contributed by atoms with Crippen molar-refractivity contribution in [3.05, 3.63) is 23.8 Å². The number of rotatable bonds is 6. The van der Waals surface area contributed by atoms with E-state index in [1.807, 2.05) is 6.07 Å². The normalized spacial score (nSPS) is 17.8. The molecule has 0 fully saturated rings. The summed E-state index contributed by atoms with van der Waals surface area (Å²) in [6.45, 7) is 0.129. The Morgan fingerprint density at radius 2 is 2.23 bits per heavy atom. The summed E-state index contributed by atoms with van der Waals surface area (Å²) in [6, 6.07) is 4.34. The summed E-state index contributed by atoms with van der Waals surface area (Å²) in [5, 5.41) is 11.5. The van der Waals surface area contributed by atoms with Gasteiger partial charge in [0, 0.05) is 7.11 Å². The molecule has 2 N–H and O–H groups in total. The van der Waals surface area contributed by atoms with E-state index in [1.165, 1.54) is 7.11 Å². The fourth-order valence-corrected chi connectivity index (χ4v) is 2.30. The Morgan fingerprint density at radius 3 is 2.86 bits per heavy atom. The first-order valence-electron chi connectivity index (χ1n) is 6.87. The van der Waals surface area contributed by atoms with Crippen LogP contribution in [0.3, 0.4) is 0 Å². The average Bonchev–Trinajstić information content (AvgIpc) is 2.53. The van der Waals surface area contributed by atoms with Crippen LogP contribution < -0.4 is 14.8 Å². The third-order valence-corrected chi connectivity index (χ3v) is 3.49. The lowest BCUT2D eigenvalue weighted by atomic mass is 9.95. The Bertz CT molecular complexity index is 559. The third-order valence-electron chi connectivity index (χ3n) is 3.49. The highest BCUT2D eigenvalue weighted by atomic mass is 16.5. The van der Waals surface area contributed by atoms with Crippen molar-refractivity contribution in [1.82, 2.24) is 5.32 Å². The van der Waals surface area contributed by atoms with Crippen LogP contribution in [0, 0.1) is 5.92 Å².